The van der Waals surface area contributed by atoms with E-state index in [0.717, 1.165) is 10.9 Å². The molecule has 0 saturated carbocycles. The SMILES string of the molecule is CC(=O)c1ccc2nc(Cl)c(C)c(Cl)c2c1. The van der Waals surface area contributed by atoms with Crippen molar-refractivity contribution in [3.8, 4) is 0 Å². The first-order valence-electron chi connectivity index (χ1n) is 4.77. The molecule has 0 N–H and O–H groups in total. The summed E-state index contributed by atoms with van der Waals surface area (Å²) in [7, 11) is 0. The van der Waals surface area contributed by atoms with Gasteiger partial charge in [-0.2, -0.15) is 0 Å². The lowest BCUT2D eigenvalue weighted by Crippen LogP contribution is -1.93. The van der Waals surface area contributed by atoms with Gasteiger partial charge in [0, 0.05) is 16.5 Å². The van der Waals surface area contributed by atoms with Crippen LogP contribution in [0.2, 0.25) is 10.2 Å². The van der Waals surface area contributed by atoms with E-state index in [-0.39, 0.29) is 5.78 Å². The van der Waals surface area contributed by atoms with E-state index in [1.54, 1.807) is 25.1 Å². The van der Waals surface area contributed by atoms with Gasteiger partial charge in [0.15, 0.2) is 5.78 Å². The molecule has 0 amide bonds. The Bertz CT molecular complexity index is 593. The van der Waals surface area contributed by atoms with Crippen LogP contribution >= 0.6 is 23.2 Å². The van der Waals surface area contributed by atoms with Gasteiger partial charge in [-0.1, -0.05) is 23.2 Å². The molecule has 0 unspecified atom stereocenters. The largest absolute Gasteiger partial charge is 0.295 e. The van der Waals surface area contributed by atoms with E-state index in [2.05, 4.69) is 4.98 Å². The highest BCUT2D eigenvalue weighted by Crippen LogP contribution is 2.30. The lowest BCUT2D eigenvalue weighted by atomic mass is 10.1. The molecule has 2 aromatic rings. The topological polar surface area (TPSA) is 30.0 Å². The van der Waals surface area contributed by atoms with Crippen molar-refractivity contribution in [1.82, 2.24) is 4.98 Å². The molecule has 0 aliphatic carbocycles. The zero-order chi connectivity index (χ0) is 11.9. The molecule has 0 bridgehead atoms. The number of Topliss-reactive ketones (excluding diaryl/α,β-unsaturated/α-hetero) is 1. The van der Waals surface area contributed by atoms with E-state index in [0.29, 0.717) is 21.3 Å². The average molecular weight is 254 g/mol. The van der Waals surface area contributed by atoms with Gasteiger partial charge in [-0.15, -0.1) is 0 Å². The van der Waals surface area contributed by atoms with Gasteiger partial charge in [0.05, 0.1) is 10.5 Å². The summed E-state index contributed by atoms with van der Waals surface area (Å²) in [5, 5.41) is 1.71. The predicted molar refractivity (Wildman–Crippen MR) is 66.5 cm³/mol. The van der Waals surface area contributed by atoms with Gasteiger partial charge in [-0.25, -0.2) is 4.98 Å². The summed E-state index contributed by atoms with van der Waals surface area (Å²) in [6.07, 6.45) is 0. The maximum atomic E-state index is 11.3. The van der Waals surface area contributed by atoms with Gasteiger partial charge in [0.25, 0.3) is 0 Å². The molecule has 4 heteroatoms. The number of benzene rings is 1. The maximum absolute atomic E-state index is 11.3. The van der Waals surface area contributed by atoms with E-state index in [4.69, 9.17) is 23.2 Å². The number of hydrogen-bond acceptors (Lipinski definition) is 2. The van der Waals surface area contributed by atoms with Crippen LogP contribution in [0.5, 0.6) is 0 Å². The summed E-state index contributed by atoms with van der Waals surface area (Å²) in [6, 6.07) is 5.22. The summed E-state index contributed by atoms with van der Waals surface area (Å²) in [5.41, 5.74) is 2.06. The van der Waals surface area contributed by atoms with Crippen LogP contribution in [0.3, 0.4) is 0 Å². The highest BCUT2D eigenvalue weighted by atomic mass is 35.5. The van der Waals surface area contributed by atoms with Gasteiger partial charge in [-0.05, 0) is 32.0 Å². The Hall–Kier alpha value is -1.12. The first-order chi connectivity index (χ1) is 7.50. The van der Waals surface area contributed by atoms with E-state index in [1.807, 2.05) is 0 Å². The number of pyridine rings is 1. The number of ketones is 1. The number of nitrogens with zero attached hydrogens (tertiary/aromatic N) is 1. The second kappa shape index (κ2) is 4.04. The fraction of sp³-hybridized carbons (Fsp3) is 0.167. The zero-order valence-corrected chi connectivity index (χ0v) is 10.4. The van der Waals surface area contributed by atoms with E-state index in [9.17, 15) is 4.79 Å². The third-order valence-corrected chi connectivity index (χ3v) is 3.35. The van der Waals surface area contributed by atoms with Gasteiger partial charge in [0.2, 0.25) is 0 Å². The van der Waals surface area contributed by atoms with Crippen molar-refractivity contribution in [2.75, 3.05) is 0 Å². The van der Waals surface area contributed by atoms with Crippen molar-refractivity contribution in [2.24, 2.45) is 0 Å². The molecule has 1 aromatic heterocycles. The standard InChI is InChI=1S/C12H9Cl2NO/c1-6-11(13)9-5-8(7(2)16)3-4-10(9)15-12(6)14/h3-5H,1-2H3. The number of aromatic nitrogens is 1. The summed E-state index contributed by atoms with van der Waals surface area (Å²) < 4.78 is 0. The summed E-state index contributed by atoms with van der Waals surface area (Å²) in [4.78, 5) is 15.5. The lowest BCUT2D eigenvalue weighted by molar-refractivity contribution is 0.101. The van der Waals surface area contributed by atoms with Crippen molar-refractivity contribution < 1.29 is 4.79 Å². The third-order valence-electron chi connectivity index (χ3n) is 2.50. The molecule has 0 radical (unpaired) electrons. The summed E-state index contributed by atoms with van der Waals surface area (Å²) >= 11 is 12.1. The Kier molecular flexibility index (Phi) is 2.87. The van der Waals surface area contributed by atoms with Gasteiger partial charge in [-0.3, -0.25) is 4.79 Å². The van der Waals surface area contributed by atoms with Crippen molar-refractivity contribution in [3.63, 3.8) is 0 Å². The molecule has 0 saturated heterocycles. The molecule has 2 rings (SSSR count). The first kappa shape index (κ1) is 11.4. The van der Waals surface area contributed by atoms with Crippen LogP contribution in [-0.2, 0) is 0 Å². The maximum Gasteiger partial charge on any atom is 0.159 e. The van der Waals surface area contributed by atoms with Crippen LogP contribution in [0.15, 0.2) is 18.2 Å². The molecule has 82 valence electrons. The normalized spacial score (nSPS) is 10.8. The number of halogens is 2. The molecule has 0 spiro atoms. The fourth-order valence-electron chi connectivity index (χ4n) is 1.51. The van der Waals surface area contributed by atoms with Crippen molar-refractivity contribution >= 4 is 39.9 Å². The van der Waals surface area contributed by atoms with Crippen LogP contribution in [0.4, 0.5) is 0 Å². The molecule has 16 heavy (non-hydrogen) atoms. The minimum Gasteiger partial charge on any atom is -0.295 e. The molecule has 0 fully saturated rings. The molecule has 1 aromatic carbocycles. The van der Waals surface area contributed by atoms with E-state index < -0.39 is 0 Å². The van der Waals surface area contributed by atoms with Crippen LogP contribution < -0.4 is 0 Å². The van der Waals surface area contributed by atoms with Crippen LogP contribution in [0, 0.1) is 6.92 Å². The number of carbonyl (C=O) groups is 1. The molecule has 1 heterocycles. The Morgan fingerprint density at radius 2 is 2.00 bits per heavy atom. The molecular weight excluding hydrogens is 245 g/mol. The summed E-state index contributed by atoms with van der Waals surface area (Å²) in [6.45, 7) is 3.32. The van der Waals surface area contributed by atoms with Gasteiger partial charge < -0.3 is 0 Å². The Balaban J connectivity index is 2.82. The van der Waals surface area contributed by atoms with E-state index >= 15 is 0 Å². The zero-order valence-electron chi connectivity index (χ0n) is 8.84. The number of rotatable bonds is 1. The Morgan fingerprint density at radius 1 is 1.31 bits per heavy atom. The minimum absolute atomic E-state index is 0.00516. The molecule has 0 aliphatic rings. The second-order valence-electron chi connectivity index (χ2n) is 3.63. The van der Waals surface area contributed by atoms with Gasteiger partial charge >= 0.3 is 0 Å². The van der Waals surface area contributed by atoms with E-state index in [1.165, 1.54) is 6.92 Å². The second-order valence-corrected chi connectivity index (χ2v) is 4.37. The monoisotopic (exact) mass is 253 g/mol. The quantitative estimate of drug-likeness (QED) is 0.567. The average Bonchev–Trinajstić information content (AvgIpc) is 2.25. The van der Waals surface area contributed by atoms with Crippen molar-refractivity contribution in [3.05, 3.63) is 39.5 Å². The van der Waals surface area contributed by atoms with Crippen LogP contribution in [0.1, 0.15) is 22.8 Å². The fourth-order valence-corrected chi connectivity index (χ4v) is 1.99. The Labute approximate surface area is 103 Å². The van der Waals surface area contributed by atoms with Crippen LogP contribution in [-0.4, -0.2) is 10.8 Å². The molecular formula is C12H9Cl2NO. The van der Waals surface area contributed by atoms with Crippen molar-refractivity contribution in [2.45, 2.75) is 13.8 Å². The predicted octanol–water partition coefficient (Wildman–Crippen LogP) is 4.05. The number of hydrogen-bond donors (Lipinski definition) is 0. The number of fused-ring (bicyclic) bond motifs is 1. The van der Waals surface area contributed by atoms with Crippen LogP contribution in [0.25, 0.3) is 10.9 Å². The summed E-state index contributed by atoms with van der Waals surface area (Å²) in [5.74, 6) is 0.00516. The third kappa shape index (κ3) is 1.79. The number of carbonyl (C=O) groups excluding carboxylic acids is 1. The van der Waals surface area contributed by atoms with Gasteiger partial charge in [0.1, 0.15) is 5.15 Å². The highest BCUT2D eigenvalue weighted by Gasteiger charge is 2.10. The molecule has 0 aliphatic heterocycles. The molecule has 2 nitrogen and oxygen atoms in total. The smallest absolute Gasteiger partial charge is 0.159 e. The lowest BCUT2D eigenvalue weighted by Gasteiger charge is -2.06. The molecule has 0 atom stereocenters. The first-order valence-corrected chi connectivity index (χ1v) is 5.52. The van der Waals surface area contributed by atoms with Crippen molar-refractivity contribution in [1.29, 1.82) is 0 Å². The minimum atomic E-state index is 0.00516. The Morgan fingerprint density at radius 3 is 2.62 bits per heavy atom. The highest BCUT2D eigenvalue weighted by molar-refractivity contribution is 6.39.